The van der Waals surface area contributed by atoms with E-state index >= 15 is 0 Å². The molecule has 0 radical (unpaired) electrons. The lowest BCUT2D eigenvalue weighted by molar-refractivity contribution is 0.160. The Hall–Kier alpha value is -1.14. The highest BCUT2D eigenvalue weighted by Crippen LogP contribution is 2.25. The molecule has 27 heavy (non-hydrogen) atoms. The summed E-state index contributed by atoms with van der Waals surface area (Å²) >= 11 is 1.81. The molecule has 2 heterocycles. The standard InChI is InChI=1S/C21H37N5S/c1-16-20(27-17(2)24-16)9-12-23-21(22-3)25-19-10-13-26(14-11-19)15-18-7-5-4-6-8-18/h18-19H,4-15H2,1-3H3,(H2,22,23,25). The number of rotatable bonds is 6. The molecule has 1 saturated heterocycles. The van der Waals surface area contributed by atoms with E-state index in [-0.39, 0.29) is 0 Å². The second-order valence-corrected chi connectivity index (χ2v) is 9.50. The molecule has 1 aromatic heterocycles. The van der Waals surface area contributed by atoms with Crippen LogP contribution < -0.4 is 10.6 Å². The van der Waals surface area contributed by atoms with Crippen LogP contribution in [0.2, 0.25) is 0 Å². The Balaban J connectivity index is 1.34. The third-order valence-electron chi connectivity index (χ3n) is 6.04. The summed E-state index contributed by atoms with van der Waals surface area (Å²) in [6, 6.07) is 0.547. The van der Waals surface area contributed by atoms with Gasteiger partial charge in [-0.3, -0.25) is 4.99 Å². The van der Waals surface area contributed by atoms with E-state index in [2.05, 4.69) is 39.4 Å². The molecule has 0 spiro atoms. The number of aryl methyl sites for hydroxylation is 2. The van der Waals surface area contributed by atoms with Gasteiger partial charge in [0, 0.05) is 50.6 Å². The Morgan fingerprint density at radius 3 is 2.52 bits per heavy atom. The number of nitrogens with zero attached hydrogens (tertiary/aromatic N) is 3. The van der Waals surface area contributed by atoms with Crippen LogP contribution in [0.5, 0.6) is 0 Å². The molecule has 0 bridgehead atoms. The van der Waals surface area contributed by atoms with Crippen molar-refractivity contribution in [3.05, 3.63) is 15.6 Å². The third-order valence-corrected chi connectivity index (χ3v) is 7.17. The second kappa shape index (κ2) is 10.4. The maximum Gasteiger partial charge on any atom is 0.191 e. The maximum absolute atomic E-state index is 4.51. The number of thiazole rings is 1. The lowest BCUT2D eigenvalue weighted by atomic mass is 9.88. The average Bonchev–Trinajstić information content (AvgIpc) is 3.00. The van der Waals surface area contributed by atoms with E-state index in [4.69, 9.17) is 0 Å². The van der Waals surface area contributed by atoms with Crippen molar-refractivity contribution < 1.29 is 0 Å². The van der Waals surface area contributed by atoms with Gasteiger partial charge in [-0.1, -0.05) is 19.3 Å². The molecule has 1 saturated carbocycles. The summed E-state index contributed by atoms with van der Waals surface area (Å²) in [4.78, 5) is 13.0. The lowest BCUT2D eigenvalue weighted by Gasteiger charge is -2.36. The van der Waals surface area contributed by atoms with E-state index in [9.17, 15) is 0 Å². The first-order chi connectivity index (χ1) is 13.1. The van der Waals surface area contributed by atoms with Crippen LogP contribution in [0, 0.1) is 19.8 Å². The van der Waals surface area contributed by atoms with E-state index in [1.54, 1.807) is 11.3 Å². The van der Waals surface area contributed by atoms with E-state index in [1.165, 1.54) is 75.2 Å². The van der Waals surface area contributed by atoms with Gasteiger partial charge in [0.1, 0.15) is 0 Å². The topological polar surface area (TPSA) is 52.6 Å². The average molecular weight is 392 g/mol. The first-order valence-electron chi connectivity index (χ1n) is 10.8. The van der Waals surface area contributed by atoms with Crippen LogP contribution >= 0.6 is 11.3 Å². The summed E-state index contributed by atoms with van der Waals surface area (Å²) in [5, 5.41) is 8.28. The molecule has 5 nitrogen and oxygen atoms in total. The van der Waals surface area contributed by atoms with Gasteiger partial charge in [-0.15, -0.1) is 11.3 Å². The smallest absolute Gasteiger partial charge is 0.191 e. The van der Waals surface area contributed by atoms with E-state index in [0.717, 1.165) is 29.9 Å². The molecule has 2 fully saturated rings. The minimum Gasteiger partial charge on any atom is -0.356 e. The third kappa shape index (κ3) is 6.46. The van der Waals surface area contributed by atoms with Crippen LogP contribution in [-0.4, -0.2) is 55.1 Å². The predicted molar refractivity (Wildman–Crippen MR) is 116 cm³/mol. The first kappa shape index (κ1) is 20.6. The molecular weight excluding hydrogens is 354 g/mol. The molecule has 1 aliphatic heterocycles. The fourth-order valence-corrected chi connectivity index (χ4v) is 5.42. The number of guanidine groups is 1. The monoisotopic (exact) mass is 391 g/mol. The second-order valence-electron chi connectivity index (χ2n) is 8.21. The van der Waals surface area contributed by atoms with Crippen molar-refractivity contribution in [3.63, 3.8) is 0 Å². The van der Waals surface area contributed by atoms with E-state index < -0.39 is 0 Å². The number of hydrogen-bond acceptors (Lipinski definition) is 4. The quantitative estimate of drug-likeness (QED) is 0.575. The number of piperidine rings is 1. The highest BCUT2D eigenvalue weighted by Gasteiger charge is 2.23. The lowest BCUT2D eigenvalue weighted by Crippen LogP contribution is -2.49. The van der Waals surface area contributed by atoms with Crippen molar-refractivity contribution in [2.45, 2.75) is 71.3 Å². The zero-order valence-electron chi connectivity index (χ0n) is 17.4. The fourth-order valence-electron chi connectivity index (χ4n) is 4.48. The van der Waals surface area contributed by atoms with Crippen molar-refractivity contribution in [1.82, 2.24) is 20.5 Å². The minimum absolute atomic E-state index is 0.547. The first-order valence-corrected chi connectivity index (χ1v) is 11.6. The normalized spacial score (nSPS) is 20.8. The van der Waals surface area contributed by atoms with Gasteiger partial charge >= 0.3 is 0 Å². The Kier molecular flexibility index (Phi) is 7.94. The van der Waals surface area contributed by atoms with Gasteiger partial charge in [-0.2, -0.15) is 0 Å². The number of likely N-dealkylation sites (tertiary alicyclic amines) is 1. The molecule has 0 aromatic carbocycles. The van der Waals surface area contributed by atoms with Crippen molar-refractivity contribution >= 4 is 17.3 Å². The predicted octanol–water partition coefficient (Wildman–Crippen LogP) is 3.51. The van der Waals surface area contributed by atoms with E-state index in [0.29, 0.717) is 6.04 Å². The molecule has 3 rings (SSSR count). The molecule has 1 aromatic rings. The molecule has 2 N–H and O–H groups in total. The van der Waals surface area contributed by atoms with Crippen molar-refractivity contribution in [3.8, 4) is 0 Å². The van der Waals surface area contributed by atoms with Crippen LogP contribution in [0.15, 0.2) is 4.99 Å². The summed E-state index contributed by atoms with van der Waals surface area (Å²) in [7, 11) is 1.87. The van der Waals surface area contributed by atoms with Gasteiger partial charge in [-0.05, 0) is 45.4 Å². The van der Waals surface area contributed by atoms with Gasteiger partial charge in [0.25, 0.3) is 0 Å². The van der Waals surface area contributed by atoms with Gasteiger partial charge in [-0.25, -0.2) is 4.98 Å². The van der Waals surface area contributed by atoms with Gasteiger partial charge < -0.3 is 15.5 Å². The SMILES string of the molecule is CN=C(NCCc1sc(C)nc1C)NC1CCN(CC2CCCCC2)CC1. The zero-order valence-corrected chi connectivity index (χ0v) is 18.2. The van der Waals surface area contributed by atoms with Crippen LogP contribution in [-0.2, 0) is 6.42 Å². The highest BCUT2D eigenvalue weighted by atomic mass is 32.1. The number of hydrogen-bond donors (Lipinski definition) is 2. The number of aromatic nitrogens is 1. The Morgan fingerprint density at radius 2 is 1.89 bits per heavy atom. The Morgan fingerprint density at radius 1 is 1.15 bits per heavy atom. The maximum atomic E-state index is 4.51. The van der Waals surface area contributed by atoms with Crippen LogP contribution in [0.25, 0.3) is 0 Å². The van der Waals surface area contributed by atoms with Crippen LogP contribution in [0.1, 0.15) is 60.5 Å². The van der Waals surface area contributed by atoms with Crippen LogP contribution in [0.4, 0.5) is 0 Å². The van der Waals surface area contributed by atoms with Crippen molar-refractivity contribution in [2.24, 2.45) is 10.9 Å². The molecule has 0 amide bonds. The van der Waals surface area contributed by atoms with Gasteiger partial charge in [0.15, 0.2) is 5.96 Å². The van der Waals surface area contributed by atoms with Gasteiger partial charge in [0.2, 0.25) is 0 Å². The van der Waals surface area contributed by atoms with Gasteiger partial charge in [0.05, 0.1) is 10.7 Å². The summed E-state index contributed by atoms with van der Waals surface area (Å²) in [5.74, 6) is 1.90. The minimum atomic E-state index is 0.547. The highest BCUT2D eigenvalue weighted by molar-refractivity contribution is 7.11. The molecular formula is C21H37N5S. The molecule has 2 aliphatic rings. The summed E-state index contributed by atoms with van der Waals surface area (Å²) in [6.07, 6.45) is 10.7. The summed E-state index contributed by atoms with van der Waals surface area (Å²) in [6.45, 7) is 8.87. The summed E-state index contributed by atoms with van der Waals surface area (Å²) in [5.41, 5.74) is 1.17. The van der Waals surface area contributed by atoms with Crippen LogP contribution in [0.3, 0.4) is 0 Å². The van der Waals surface area contributed by atoms with Crippen molar-refractivity contribution in [1.29, 1.82) is 0 Å². The molecule has 0 atom stereocenters. The largest absolute Gasteiger partial charge is 0.356 e. The summed E-state index contributed by atoms with van der Waals surface area (Å²) < 4.78 is 0. The number of nitrogens with one attached hydrogen (secondary N) is 2. The number of aliphatic imine (C=N–C) groups is 1. The molecule has 152 valence electrons. The molecule has 6 heteroatoms. The van der Waals surface area contributed by atoms with E-state index in [1.807, 2.05) is 7.05 Å². The Bertz CT molecular complexity index is 598. The Labute approximate surface area is 169 Å². The molecule has 0 unspecified atom stereocenters. The van der Waals surface area contributed by atoms with Crippen molar-refractivity contribution in [2.75, 3.05) is 33.2 Å². The zero-order chi connectivity index (χ0) is 19.1. The fraction of sp³-hybridized carbons (Fsp3) is 0.810. The molecule has 1 aliphatic carbocycles.